The van der Waals surface area contributed by atoms with Crippen LogP contribution in [0.25, 0.3) is 0 Å². The summed E-state index contributed by atoms with van der Waals surface area (Å²) >= 11 is 0. The summed E-state index contributed by atoms with van der Waals surface area (Å²) < 4.78 is 13.6. The Labute approximate surface area is 119 Å². The molecule has 0 radical (unpaired) electrons. The van der Waals surface area contributed by atoms with E-state index in [-0.39, 0.29) is 11.7 Å². The summed E-state index contributed by atoms with van der Waals surface area (Å²) in [7, 11) is 0. The topological polar surface area (TPSA) is 55.1 Å². The van der Waals surface area contributed by atoms with Gasteiger partial charge >= 0.3 is 0 Å². The predicted octanol–water partition coefficient (Wildman–Crippen LogP) is 2.72. The smallest absolute Gasteiger partial charge is 0.240 e. The van der Waals surface area contributed by atoms with Crippen LogP contribution in [0.1, 0.15) is 48.8 Å². The lowest BCUT2D eigenvalue weighted by Gasteiger charge is -2.31. The van der Waals surface area contributed by atoms with Crippen molar-refractivity contribution in [1.29, 1.82) is 0 Å². The number of carbonyl (C=O) groups is 1. The summed E-state index contributed by atoms with van der Waals surface area (Å²) in [5, 5.41) is 2.90. The first-order chi connectivity index (χ1) is 9.42. The molecule has 0 heterocycles. The van der Waals surface area contributed by atoms with Crippen LogP contribution >= 0.6 is 0 Å². The van der Waals surface area contributed by atoms with Crippen LogP contribution in [0.5, 0.6) is 0 Å². The third-order valence-electron chi connectivity index (χ3n) is 4.15. The van der Waals surface area contributed by atoms with Gasteiger partial charge in [0, 0.05) is 6.54 Å². The molecule has 1 aliphatic rings. The molecule has 3 N–H and O–H groups in total. The maximum atomic E-state index is 13.6. The molecule has 1 aliphatic carbocycles. The quantitative estimate of drug-likeness (QED) is 0.893. The zero-order valence-corrected chi connectivity index (χ0v) is 12.3. The average Bonchev–Trinajstić information content (AvgIpc) is 2.42. The van der Waals surface area contributed by atoms with Crippen LogP contribution in [0.15, 0.2) is 12.1 Å². The second kappa shape index (κ2) is 5.92. The third-order valence-corrected chi connectivity index (χ3v) is 4.15. The molecule has 0 bridgehead atoms. The molecule has 1 aromatic rings. The first-order valence-corrected chi connectivity index (χ1v) is 7.25. The maximum Gasteiger partial charge on any atom is 0.240 e. The molecule has 1 saturated carbocycles. The minimum Gasteiger partial charge on any atom is -0.350 e. The van der Waals surface area contributed by atoms with E-state index in [1.807, 2.05) is 0 Å². The number of amides is 1. The van der Waals surface area contributed by atoms with Crippen LogP contribution in [-0.2, 0) is 11.3 Å². The van der Waals surface area contributed by atoms with E-state index in [4.69, 9.17) is 5.73 Å². The van der Waals surface area contributed by atoms with Gasteiger partial charge in [0.25, 0.3) is 0 Å². The van der Waals surface area contributed by atoms with E-state index in [2.05, 4.69) is 5.32 Å². The summed E-state index contributed by atoms with van der Waals surface area (Å²) in [6.07, 6.45) is 4.68. The van der Waals surface area contributed by atoms with E-state index in [1.54, 1.807) is 26.0 Å². The minimum atomic E-state index is -0.720. The van der Waals surface area contributed by atoms with E-state index in [9.17, 15) is 9.18 Å². The molecule has 0 aromatic heterocycles. The number of aryl methyl sites for hydroxylation is 2. The van der Waals surface area contributed by atoms with E-state index >= 15 is 0 Å². The Morgan fingerprint density at radius 2 is 1.80 bits per heavy atom. The largest absolute Gasteiger partial charge is 0.350 e. The predicted molar refractivity (Wildman–Crippen MR) is 77.7 cm³/mol. The molecule has 110 valence electrons. The molecule has 1 amide bonds. The Bertz CT molecular complexity index is 484. The third kappa shape index (κ3) is 3.18. The van der Waals surface area contributed by atoms with Gasteiger partial charge < -0.3 is 11.1 Å². The molecule has 0 spiro atoms. The van der Waals surface area contributed by atoms with Gasteiger partial charge in [-0.3, -0.25) is 4.79 Å². The molecule has 3 nitrogen and oxygen atoms in total. The van der Waals surface area contributed by atoms with Crippen LogP contribution in [0.4, 0.5) is 4.39 Å². The number of rotatable bonds is 3. The van der Waals surface area contributed by atoms with Gasteiger partial charge in [0.1, 0.15) is 5.82 Å². The summed E-state index contributed by atoms with van der Waals surface area (Å²) in [5.74, 6) is -0.264. The Morgan fingerprint density at radius 3 is 2.35 bits per heavy atom. The van der Waals surface area contributed by atoms with Crippen LogP contribution in [-0.4, -0.2) is 11.4 Å². The molecule has 0 unspecified atom stereocenters. The van der Waals surface area contributed by atoms with Crippen molar-refractivity contribution in [2.24, 2.45) is 5.73 Å². The molecule has 0 saturated heterocycles. The SMILES string of the molecule is Cc1cc(CNC(=O)C2(N)CCCCC2)cc(C)c1F. The molecular formula is C16H23FN2O. The van der Waals surface area contributed by atoms with E-state index in [1.165, 1.54) is 0 Å². The fraction of sp³-hybridized carbons (Fsp3) is 0.562. The van der Waals surface area contributed by atoms with Crippen molar-refractivity contribution < 1.29 is 9.18 Å². The molecule has 1 aromatic carbocycles. The highest BCUT2D eigenvalue weighted by atomic mass is 19.1. The van der Waals surface area contributed by atoms with E-state index < -0.39 is 5.54 Å². The second-order valence-electron chi connectivity index (χ2n) is 5.94. The van der Waals surface area contributed by atoms with Crippen LogP contribution < -0.4 is 11.1 Å². The van der Waals surface area contributed by atoms with Gasteiger partial charge in [-0.15, -0.1) is 0 Å². The van der Waals surface area contributed by atoms with Crippen molar-refractivity contribution in [3.63, 3.8) is 0 Å². The molecule has 20 heavy (non-hydrogen) atoms. The summed E-state index contributed by atoms with van der Waals surface area (Å²) in [4.78, 5) is 12.2. The molecule has 4 heteroatoms. The highest BCUT2D eigenvalue weighted by Crippen LogP contribution is 2.26. The Morgan fingerprint density at radius 1 is 1.25 bits per heavy atom. The lowest BCUT2D eigenvalue weighted by molar-refractivity contribution is -0.127. The van der Waals surface area contributed by atoms with Crippen LogP contribution in [0.2, 0.25) is 0 Å². The number of nitrogens with one attached hydrogen (secondary N) is 1. The maximum absolute atomic E-state index is 13.6. The Kier molecular flexibility index (Phi) is 4.43. The summed E-state index contributed by atoms with van der Waals surface area (Å²) in [6.45, 7) is 3.87. The lowest BCUT2D eigenvalue weighted by atomic mass is 9.82. The second-order valence-corrected chi connectivity index (χ2v) is 5.94. The average molecular weight is 278 g/mol. The van der Waals surface area contributed by atoms with Crippen molar-refractivity contribution in [3.8, 4) is 0 Å². The number of hydrogen-bond acceptors (Lipinski definition) is 2. The van der Waals surface area contributed by atoms with Gasteiger partial charge in [-0.2, -0.15) is 0 Å². The number of halogens is 1. The van der Waals surface area contributed by atoms with Crippen molar-refractivity contribution in [2.45, 2.75) is 58.0 Å². The number of nitrogens with two attached hydrogens (primary N) is 1. The summed E-state index contributed by atoms with van der Waals surface area (Å²) in [6, 6.07) is 3.54. The van der Waals surface area contributed by atoms with Crippen LogP contribution in [0, 0.1) is 19.7 Å². The van der Waals surface area contributed by atoms with Crippen LogP contribution in [0.3, 0.4) is 0 Å². The van der Waals surface area contributed by atoms with Crippen molar-refractivity contribution in [3.05, 3.63) is 34.6 Å². The van der Waals surface area contributed by atoms with E-state index in [0.29, 0.717) is 17.7 Å². The normalized spacial score (nSPS) is 17.8. The molecular weight excluding hydrogens is 255 g/mol. The van der Waals surface area contributed by atoms with Gasteiger partial charge in [-0.25, -0.2) is 4.39 Å². The van der Waals surface area contributed by atoms with Crippen molar-refractivity contribution >= 4 is 5.91 Å². The van der Waals surface area contributed by atoms with Gasteiger partial charge in [-0.1, -0.05) is 31.4 Å². The van der Waals surface area contributed by atoms with E-state index in [0.717, 1.165) is 37.7 Å². The van der Waals surface area contributed by atoms with Crippen molar-refractivity contribution in [2.75, 3.05) is 0 Å². The first-order valence-electron chi connectivity index (χ1n) is 7.25. The fourth-order valence-electron chi connectivity index (χ4n) is 2.91. The Hall–Kier alpha value is -1.42. The molecule has 2 rings (SSSR count). The Balaban J connectivity index is 2.00. The zero-order chi connectivity index (χ0) is 14.8. The van der Waals surface area contributed by atoms with Gasteiger partial charge in [0.05, 0.1) is 5.54 Å². The first kappa shape index (κ1) is 15.0. The number of hydrogen-bond donors (Lipinski definition) is 2. The molecule has 1 fully saturated rings. The highest BCUT2D eigenvalue weighted by molar-refractivity contribution is 5.86. The van der Waals surface area contributed by atoms with Gasteiger partial charge in [0.2, 0.25) is 5.91 Å². The monoisotopic (exact) mass is 278 g/mol. The zero-order valence-electron chi connectivity index (χ0n) is 12.3. The number of benzene rings is 1. The molecule has 0 aliphatic heterocycles. The molecule has 0 atom stereocenters. The fourth-order valence-corrected chi connectivity index (χ4v) is 2.91. The van der Waals surface area contributed by atoms with Gasteiger partial charge in [0.15, 0.2) is 0 Å². The standard InChI is InChI=1S/C16H23FN2O/c1-11-8-13(9-12(2)14(11)17)10-19-15(20)16(18)6-4-3-5-7-16/h8-9H,3-7,10,18H2,1-2H3,(H,19,20). The lowest BCUT2D eigenvalue weighted by Crippen LogP contribution is -2.54. The highest BCUT2D eigenvalue weighted by Gasteiger charge is 2.34. The summed E-state index contributed by atoms with van der Waals surface area (Å²) in [5.41, 5.74) is 7.58. The van der Waals surface area contributed by atoms with Crippen molar-refractivity contribution in [1.82, 2.24) is 5.32 Å². The van der Waals surface area contributed by atoms with Gasteiger partial charge in [-0.05, 0) is 43.4 Å². The number of carbonyl (C=O) groups excluding carboxylic acids is 1. The minimum absolute atomic E-state index is 0.0863.